The van der Waals surface area contributed by atoms with E-state index < -0.39 is 0 Å². The summed E-state index contributed by atoms with van der Waals surface area (Å²) >= 11 is 0. The van der Waals surface area contributed by atoms with Gasteiger partial charge in [0.2, 0.25) is 0 Å². The lowest BCUT2D eigenvalue weighted by Crippen LogP contribution is -2.23. The second-order valence-corrected chi connectivity index (χ2v) is 7.09. The first-order valence-electron chi connectivity index (χ1n) is 9.34. The summed E-state index contributed by atoms with van der Waals surface area (Å²) in [5, 5.41) is 7.81. The highest BCUT2D eigenvalue weighted by atomic mass is 15.3. The van der Waals surface area contributed by atoms with Gasteiger partial charge in [0.05, 0.1) is 11.9 Å². The predicted molar refractivity (Wildman–Crippen MR) is 105 cm³/mol. The topological polar surface area (TPSA) is 71.8 Å². The molecule has 0 aliphatic carbocycles. The van der Waals surface area contributed by atoms with E-state index in [4.69, 9.17) is 0 Å². The van der Waals surface area contributed by atoms with Crippen molar-refractivity contribution in [3.05, 3.63) is 59.4 Å². The Bertz CT molecular complexity index is 919. The molecule has 0 aromatic carbocycles. The van der Waals surface area contributed by atoms with Crippen molar-refractivity contribution in [1.29, 1.82) is 0 Å². The number of nitrogens with one attached hydrogen (secondary N) is 1. The summed E-state index contributed by atoms with van der Waals surface area (Å²) in [7, 11) is 2.01. The van der Waals surface area contributed by atoms with Crippen LogP contribution in [-0.4, -0.2) is 36.2 Å². The van der Waals surface area contributed by atoms with E-state index in [1.165, 1.54) is 23.2 Å². The lowest BCUT2D eigenvalue weighted by molar-refractivity contribution is 0.247. The van der Waals surface area contributed by atoms with Crippen LogP contribution in [0.15, 0.2) is 36.9 Å². The van der Waals surface area contributed by atoms with Crippen molar-refractivity contribution in [2.24, 2.45) is 7.05 Å². The van der Waals surface area contributed by atoms with E-state index in [-0.39, 0.29) is 0 Å². The van der Waals surface area contributed by atoms with Crippen LogP contribution in [0.1, 0.15) is 41.4 Å². The van der Waals surface area contributed by atoms with Gasteiger partial charge in [-0.15, -0.1) is 0 Å². The number of hydrogen-bond acceptors (Lipinski definition) is 6. The average Bonchev–Trinajstić information content (AvgIpc) is 3.23. The maximum Gasteiger partial charge on any atom is 0.150 e. The van der Waals surface area contributed by atoms with Crippen molar-refractivity contribution < 1.29 is 0 Å². The Morgan fingerprint density at radius 3 is 2.74 bits per heavy atom. The smallest absolute Gasteiger partial charge is 0.150 e. The monoisotopic (exact) mass is 363 g/mol. The van der Waals surface area contributed by atoms with Crippen LogP contribution >= 0.6 is 0 Å². The van der Waals surface area contributed by atoms with E-state index in [2.05, 4.69) is 56.2 Å². The minimum absolute atomic E-state index is 0.398. The van der Waals surface area contributed by atoms with Gasteiger partial charge in [0.1, 0.15) is 11.6 Å². The van der Waals surface area contributed by atoms with E-state index in [0.717, 1.165) is 31.0 Å². The van der Waals surface area contributed by atoms with E-state index in [1.54, 1.807) is 18.6 Å². The summed E-state index contributed by atoms with van der Waals surface area (Å²) in [6.07, 6.45) is 9.26. The normalized spacial score (nSPS) is 17.4. The van der Waals surface area contributed by atoms with E-state index in [1.807, 2.05) is 17.9 Å². The van der Waals surface area contributed by atoms with Crippen LogP contribution in [0.5, 0.6) is 0 Å². The van der Waals surface area contributed by atoms with Gasteiger partial charge in [0, 0.05) is 49.5 Å². The molecule has 140 valence electrons. The number of hydrogen-bond donors (Lipinski definition) is 1. The van der Waals surface area contributed by atoms with Gasteiger partial charge in [0.15, 0.2) is 0 Å². The number of anilines is 2. The summed E-state index contributed by atoms with van der Waals surface area (Å²) < 4.78 is 1.98. The van der Waals surface area contributed by atoms with E-state index in [9.17, 15) is 0 Å². The van der Waals surface area contributed by atoms with Gasteiger partial charge in [-0.1, -0.05) is 0 Å². The Morgan fingerprint density at radius 2 is 2.00 bits per heavy atom. The van der Waals surface area contributed by atoms with Crippen LogP contribution in [-0.2, 0) is 13.6 Å². The fourth-order valence-corrected chi connectivity index (χ4v) is 3.86. The number of aryl methyl sites for hydroxylation is 2. The van der Waals surface area contributed by atoms with Crippen molar-refractivity contribution in [2.75, 3.05) is 11.9 Å². The van der Waals surface area contributed by atoms with Crippen LogP contribution in [0.25, 0.3) is 0 Å². The van der Waals surface area contributed by atoms with Crippen molar-refractivity contribution in [2.45, 2.75) is 39.3 Å². The molecule has 0 saturated carbocycles. The second kappa shape index (κ2) is 7.44. The molecule has 1 atom stereocenters. The first kappa shape index (κ1) is 17.6. The minimum Gasteiger partial charge on any atom is -0.324 e. The minimum atomic E-state index is 0.398. The first-order chi connectivity index (χ1) is 13.1. The maximum absolute atomic E-state index is 4.57. The third-order valence-corrected chi connectivity index (χ3v) is 5.37. The Morgan fingerprint density at radius 1 is 1.15 bits per heavy atom. The summed E-state index contributed by atoms with van der Waals surface area (Å²) in [6, 6.07) is 4.64. The summed E-state index contributed by atoms with van der Waals surface area (Å²) in [5.41, 5.74) is 5.00. The lowest BCUT2D eigenvalue weighted by Gasteiger charge is -2.25. The summed E-state index contributed by atoms with van der Waals surface area (Å²) in [6.45, 7) is 6.29. The fourth-order valence-electron chi connectivity index (χ4n) is 3.86. The van der Waals surface area contributed by atoms with Crippen molar-refractivity contribution in [3.8, 4) is 0 Å². The number of nitrogens with zero attached hydrogens (tertiary/aromatic N) is 6. The fraction of sp³-hybridized carbons (Fsp3) is 0.400. The van der Waals surface area contributed by atoms with Crippen LogP contribution in [0, 0.1) is 13.8 Å². The summed E-state index contributed by atoms with van der Waals surface area (Å²) in [4.78, 5) is 15.3. The number of likely N-dealkylation sites (tertiary alicyclic amines) is 1. The molecule has 1 aliphatic rings. The molecule has 1 fully saturated rings. The highest BCUT2D eigenvalue weighted by Crippen LogP contribution is 2.34. The zero-order chi connectivity index (χ0) is 18.8. The zero-order valence-electron chi connectivity index (χ0n) is 16.1. The molecule has 0 bridgehead atoms. The van der Waals surface area contributed by atoms with E-state index >= 15 is 0 Å². The van der Waals surface area contributed by atoms with Gasteiger partial charge >= 0.3 is 0 Å². The van der Waals surface area contributed by atoms with Gasteiger partial charge in [-0.05, 0) is 50.9 Å². The van der Waals surface area contributed by atoms with Crippen LogP contribution in [0.4, 0.5) is 11.6 Å². The molecule has 27 heavy (non-hydrogen) atoms. The Labute approximate surface area is 159 Å². The molecule has 3 aromatic rings. The van der Waals surface area contributed by atoms with E-state index in [0.29, 0.717) is 11.9 Å². The zero-order valence-corrected chi connectivity index (χ0v) is 16.1. The SMILES string of the molecule is Cc1nn(C)c(C)c1CN1CCC[C@@H]1c1ccnc(Nc2cnccn2)c1. The molecule has 0 unspecified atom stereocenters. The molecule has 3 aromatic heterocycles. The largest absolute Gasteiger partial charge is 0.324 e. The standard InChI is InChI=1S/C20H25N7/c1-14-17(15(2)26(3)25-14)13-27-10-4-5-18(27)16-6-7-22-19(11-16)24-20-12-21-8-9-23-20/h6-9,11-12,18H,4-5,10,13H2,1-3H3,(H,22,23,24)/t18-/m1/s1. The number of rotatable bonds is 5. The Kier molecular flexibility index (Phi) is 4.85. The van der Waals surface area contributed by atoms with Gasteiger partial charge in [-0.25, -0.2) is 9.97 Å². The Hall–Kier alpha value is -2.80. The molecular weight excluding hydrogens is 338 g/mol. The lowest BCUT2D eigenvalue weighted by atomic mass is 10.0. The highest BCUT2D eigenvalue weighted by molar-refractivity contribution is 5.51. The van der Waals surface area contributed by atoms with Gasteiger partial charge in [-0.3, -0.25) is 14.6 Å². The van der Waals surface area contributed by atoms with Gasteiger partial charge in [0.25, 0.3) is 0 Å². The van der Waals surface area contributed by atoms with Crippen LogP contribution in [0.3, 0.4) is 0 Å². The van der Waals surface area contributed by atoms with Crippen molar-refractivity contribution in [3.63, 3.8) is 0 Å². The molecule has 4 heterocycles. The molecular formula is C20H25N7. The first-order valence-corrected chi connectivity index (χ1v) is 9.34. The number of pyridine rings is 1. The summed E-state index contributed by atoms with van der Waals surface area (Å²) in [5.74, 6) is 1.50. The molecule has 0 radical (unpaired) electrons. The molecule has 7 nitrogen and oxygen atoms in total. The maximum atomic E-state index is 4.57. The second-order valence-electron chi connectivity index (χ2n) is 7.09. The van der Waals surface area contributed by atoms with Crippen molar-refractivity contribution >= 4 is 11.6 Å². The Balaban J connectivity index is 1.54. The predicted octanol–water partition coefficient (Wildman–Crippen LogP) is 3.30. The number of aromatic nitrogens is 5. The van der Waals surface area contributed by atoms with Gasteiger partial charge in [-0.2, -0.15) is 5.10 Å². The van der Waals surface area contributed by atoms with Crippen LogP contribution < -0.4 is 5.32 Å². The quantitative estimate of drug-likeness (QED) is 0.750. The molecule has 1 aliphatic heterocycles. The van der Waals surface area contributed by atoms with Crippen molar-refractivity contribution in [1.82, 2.24) is 29.6 Å². The third-order valence-electron chi connectivity index (χ3n) is 5.37. The molecule has 0 amide bonds. The molecule has 1 N–H and O–H groups in total. The molecule has 0 spiro atoms. The van der Waals surface area contributed by atoms with Gasteiger partial charge < -0.3 is 5.32 Å². The highest BCUT2D eigenvalue weighted by Gasteiger charge is 2.27. The average molecular weight is 363 g/mol. The third kappa shape index (κ3) is 3.68. The molecule has 4 rings (SSSR count). The molecule has 7 heteroatoms. The molecule has 1 saturated heterocycles. The van der Waals surface area contributed by atoms with Crippen LogP contribution in [0.2, 0.25) is 0 Å².